The summed E-state index contributed by atoms with van der Waals surface area (Å²) in [4.78, 5) is 9.49. The van der Waals surface area contributed by atoms with Gasteiger partial charge in [0, 0.05) is 31.5 Å². The molecular formula is C40H41GeIrN3O-2. The summed E-state index contributed by atoms with van der Waals surface area (Å²) in [6, 6.07) is 36.9. The largest absolute Gasteiger partial charge is 0 e. The average Bonchev–Trinajstić information content (AvgIpc) is 3.64. The number of fused-ring (bicyclic) bond motifs is 4. The minimum Gasteiger partial charge on any atom is 0 e. The molecule has 0 amide bonds. The number of pyridine rings is 1. The molecule has 3 heterocycles. The van der Waals surface area contributed by atoms with E-state index in [1.165, 1.54) is 0 Å². The Morgan fingerprint density at radius 2 is 1.61 bits per heavy atom. The zero-order valence-electron chi connectivity index (χ0n) is 29.5. The molecule has 7 rings (SSSR count). The van der Waals surface area contributed by atoms with Gasteiger partial charge in [-0.15, -0.1) is 18.2 Å². The first-order chi connectivity index (χ1) is 22.4. The number of imidazole rings is 1. The van der Waals surface area contributed by atoms with Crippen LogP contribution < -0.4 is 4.40 Å². The van der Waals surface area contributed by atoms with Crippen LogP contribution >= 0.6 is 0 Å². The van der Waals surface area contributed by atoms with E-state index >= 15 is 0 Å². The molecule has 0 atom stereocenters. The maximum atomic E-state index is 8.56. The molecule has 0 bridgehead atoms. The normalized spacial score (nSPS) is 12.6. The van der Waals surface area contributed by atoms with Gasteiger partial charge in [0.25, 0.3) is 0 Å². The molecule has 1 radical (unpaired) electrons. The van der Waals surface area contributed by atoms with Crippen LogP contribution in [0.2, 0.25) is 17.3 Å². The van der Waals surface area contributed by atoms with Gasteiger partial charge in [-0.2, -0.15) is 0 Å². The van der Waals surface area contributed by atoms with E-state index < -0.39 is 19.6 Å². The number of nitrogens with zero attached hydrogens (tertiary/aromatic N) is 3. The number of para-hydroxylation sites is 3. The summed E-state index contributed by atoms with van der Waals surface area (Å²) in [6.45, 7) is 8.23. The van der Waals surface area contributed by atoms with Crippen molar-refractivity contribution in [2.24, 2.45) is 5.92 Å². The summed E-state index contributed by atoms with van der Waals surface area (Å²) in [5.41, 5.74) is 7.32. The first kappa shape index (κ1) is 31.1. The predicted octanol–water partition coefficient (Wildman–Crippen LogP) is 10.3. The van der Waals surface area contributed by atoms with Crippen LogP contribution in [0.1, 0.15) is 42.0 Å². The van der Waals surface area contributed by atoms with Gasteiger partial charge >= 0.3 is 128 Å². The van der Waals surface area contributed by atoms with Crippen molar-refractivity contribution >= 4 is 50.6 Å². The van der Waals surface area contributed by atoms with Crippen molar-refractivity contribution in [1.29, 1.82) is 0 Å². The van der Waals surface area contributed by atoms with E-state index in [-0.39, 0.29) is 32.1 Å². The molecule has 0 spiro atoms. The molecule has 46 heavy (non-hydrogen) atoms. The number of aromatic nitrogens is 3. The SMILES string of the molecule is CC(C)n1c(-c2[c-]ccc3c2oc2ccccc23)nc2ccccc21.[2H]C([2H])(c1cc(-c2[c-]cccc2)nc[c]1[Ge]([CH3])([CH3])[CH3])C(C)C.[Ir]. The summed E-state index contributed by atoms with van der Waals surface area (Å²) < 4.78 is 26.7. The quantitative estimate of drug-likeness (QED) is 0.124. The van der Waals surface area contributed by atoms with Crippen LogP contribution in [0.25, 0.3) is 55.6 Å². The van der Waals surface area contributed by atoms with Gasteiger partial charge in [0.15, 0.2) is 0 Å². The van der Waals surface area contributed by atoms with E-state index in [1.54, 1.807) is 0 Å². The Balaban J connectivity index is 0.000000186. The van der Waals surface area contributed by atoms with Gasteiger partial charge < -0.3 is 8.98 Å². The molecule has 3 aromatic heterocycles. The minimum atomic E-state index is -2.20. The Morgan fingerprint density at radius 3 is 2.33 bits per heavy atom. The summed E-state index contributed by atoms with van der Waals surface area (Å²) in [5.74, 6) is 7.67. The number of hydrogen-bond acceptors (Lipinski definition) is 3. The van der Waals surface area contributed by atoms with Crippen LogP contribution in [0.15, 0.2) is 102 Å². The van der Waals surface area contributed by atoms with Crippen molar-refractivity contribution in [3.8, 4) is 22.6 Å². The van der Waals surface area contributed by atoms with Crippen LogP contribution in [0.4, 0.5) is 0 Å². The zero-order valence-corrected chi connectivity index (χ0v) is 32.0. The standard InChI is InChI=1S/C22H17N2O.C18H24GeN.Ir/c1-14(2)24-19-12-5-4-11-18(19)23-22(24)17-10-7-9-16-15-8-3-6-13-20(15)25-21(16)17;1-14(2)11-16-12-18(15-9-7-6-8-10-15)20-13-17(16)19(3,4)5;/h3-9,11-14H,1-2H3;6-9,12-14H,11H2,1-5H3;/q2*-1;/i;11D2;. The molecule has 4 nitrogen and oxygen atoms in total. The van der Waals surface area contributed by atoms with Crippen molar-refractivity contribution in [3.05, 3.63) is 115 Å². The third kappa shape index (κ3) is 6.93. The van der Waals surface area contributed by atoms with Crippen molar-refractivity contribution in [2.45, 2.75) is 57.4 Å². The van der Waals surface area contributed by atoms with Crippen molar-refractivity contribution in [2.75, 3.05) is 0 Å². The van der Waals surface area contributed by atoms with Crippen LogP contribution in [0, 0.1) is 18.1 Å². The van der Waals surface area contributed by atoms with E-state index in [1.807, 2.05) is 80.7 Å². The maximum Gasteiger partial charge on any atom is 0 e. The Morgan fingerprint density at radius 1 is 0.870 bits per heavy atom. The topological polar surface area (TPSA) is 43.9 Å². The van der Waals surface area contributed by atoms with E-state index in [2.05, 4.69) is 83.1 Å². The maximum absolute atomic E-state index is 8.56. The molecular weight excluding hydrogens is 803 g/mol. The summed E-state index contributed by atoms with van der Waals surface area (Å²) in [5, 5.41) is 2.23. The number of furan rings is 1. The Labute approximate surface area is 291 Å². The molecule has 0 aliphatic heterocycles. The molecule has 4 aromatic carbocycles. The van der Waals surface area contributed by atoms with Crippen LogP contribution in [0.3, 0.4) is 0 Å². The van der Waals surface area contributed by atoms with Gasteiger partial charge in [-0.1, -0.05) is 41.3 Å². The second kappa shape index (κ2) is 14.1. The Hall–Kier alpha value is -3.51. The van der Waals surface area contributed by atoms with Crippen LogP contribution in [-0.2, 0) is 26.5 Å². The molecule has 0 aliphatic rings. The van der Waals surface area contributed by atoms with Gasteiger partial charge in [0.05, 0.1) is 22.4 Å². The Bertz CT molecular complexity index is 2180. The van der Waals surface area contributed by atoms with Gasteiger partial charge in [-0.3, -0.25) is 4.98 Å². The first-order valence-electron chi connectivity index (χ1n) is 16.6. The van der Waals surface area contributed by atoms with E-state index in [9.17, 15) is 0 Å². The number of rotatable bonds is 6. The molecule has 0 unspecified atom stereocenters. The smallest absolute Gasteiger partial charge is 0 e. The van der Waals surface area contributed by atoms with Crippen molar-refractivity contribution in [1.82, 2.24) is 14.5 Å². The van der Waals surface area contributed by atoms with Crippen molar-refractivity contribution < 1.29 is 27.3 Å². The monoisotopic (exact) mass is 848 g/mol. The zero-order chi connectivity index (χ0) is 33.5. The van der Waals surface area contributed by atoms with E-state index in [0.717, 1.165) is 65.6 Å². The van der Waals surface area contributed by atoms with Crippen molar-refractivity contribution in [3.63, 3.8) is 0 Å². The van der Waals surface area contributed by atoms with Crippen LogP contribution in [0.5, 0.6) is 0 Å². The van der Waals surface area contributed by atoms with Gasteiger partial charge in [0.1, 0.15) is 5.58 Å². The fourth-order valence-corrected chi connectivity index (χ4v) is 8.73. The Kier molecular flexibility index (Phi) is 9.53. The molecule has 0 saturated carbocycles. The second-order valence-electron chi connectivity index (χ2n) is 13.0. The third-order valence-corrected chi connectivity index (χ3v) is 12.0. The summed E-state index contributed by atoms with van der Waals surface area (Å²) >= 11 is -2.20. The molecule has 237 valence electrons. The fraction of sp³-hybridized carbons (Fsp3) is 0.250. The fourth-order valence-electron chi connectivity index (χ4n) is 5.78. The molecule has 6 heteroatoms. The van der Waals surface area contributed by atoms with Gasteiger partial charge in [0.2, 0.25) is 0 Å². The van der Waals surface area contributed by atoms with Gasteiger partial charge in [-0.05, 0) is 32.0 Å². The second-order valence-corrected chi connectivity index (χ2v) is 23.6. The average molecular weight is 847 g/mol. The number of hydrogen-bond donors (Lipinski definition) is 0. The minimum absolute atomic E-state index is 0. The predicted molar refractivity (Wildman–Crippen MR) is 192 cm³/mol. The molecule has 0 aliphatic carbocycles. The first-order valence-corrected chi connectivity index (χ1v) is 23.0. The van der Waals surface area contributed by atoms with E-state index in [4.69, 9.17) is 12.1 Å². The van der Waals surface area contributed by atoms with E-state index in [0.29, 0.717) is 0 Å². The van der Waals surface area contributed by atoms with Crippen LogP contribution in [-0.4, -0.2) is 27.8 Å². The summed E-state index contributed by atoms with van der Waals surface area (Å²) in [6.07, 6.45) is 0.562. The molecule has 0 fully saturated rings. The van der Waals surface area contributed by atoms with Gasteiger partial charge in [-0.25, -0.2) is 0 Å². The summed E-state index contributed by atoms with van der Waals surface area (Å²) in [7, 11) is 0. The molecule has 0 N–H and O–H groups in total. The number of benzene rings is 4. The molecule has 7 aromatic rings. The molecule has 0 saturated heterocycles. The third-order valence-electron chi connectivity index (χ3n) is 7.82.